The van der Waals surface area contributed by atoms with E-state index in [1.54, 1.807) is 12.4 Å². The van der Waals surface area contributed by atoms with Gasteiger partial charge in [-0.2, -0.15) is 0 Å². The number of rotatable bonds is 3. The van der Waals surface area contributed by atoms with Gasteiger partial charge in [-0.05, 0) is 12.8 Å². The number of piperidine rings is 1. The second-order valence-corrected chi connectivity index (χ2v) is 3.81. The molecule has 1 aliphatic rings. The molecular weight excluding hydrogens is 206 g/mol. The van der Waals surface area contributed by atoms with Crippen LogP contribution >= 0.6 is 0 Å². The lowest BCUT2D eigenvalue weighted by Gasteiger charge is -2.26. The fourth-order valence-electron chi connectivity index (χ4n) is 1.74. The second kappa shape index (κ2) is 4.89. The van der Waals surface area contributed by atoms with Crippen molar-refractivity contribution in [2.45, 2.75) is 25.8 Å². The van der Waals surface area contributed by atoms with E-state index in [0.29, 0.717) is 18.8 Å². The second-order valence-electron chi connectivity index (χ2n) is 3.81. The van der Waals surface area contributed by atoms with Crippen molar-refractivity contribution >= 4 is 11.7 Å². The molecule has 0 spiro atoms. The third-order valence-corrected chi connectivity index (χ3v) is 2.63. The van der Waals surface area contributed by atoms with Crippen molar-refractivity contribution in [3.63, 3.8) is 0 Å². The molecule has 1 amide bonds. The summed E-state index contributed by atoms with van der Waals surface area (Å²) in [5.74, 6) is 5.91. The van der Waals surface area contributed by atoms with Crippen LogP contribution in [0, 0.1) is 0 Å². The average molecular weight is 221 g/mol. The molecule has 16 heavy (non-hydrogen) atoms. The fourth-order valence-corrected chi connectivity index (χ4v) is 1.74. The van der Waals surface area contributed by atoms with Crippen LogP contribution in [0.5, 0.6) is 0 Å². The third kappa shape index (κ3) is 2.46. The number of nitrogens with two attached hydrogens (primary N) is 1. The maximum atomic E-state index is 11.6. The monoisotopic (exact) mass is 221 g/mol. The van der Waals surface area contributed by atoms with E-state index >= 15 is 0 Å². The van der Waals surface area contributed by atoms with E-state index in [0.717, 1.165) is 25.1 Å². The molecule has 0 bridgehead atoms. The van der Waals surface area contributed by atoms with Crippen molar-refractivity contribution in [1.29, 1.82) is 0 Å². The first-order chi connectivity index (χ1) is 7.79. The number of nitrogen functional groups attached to an aromatic ring is 1. The lowest BCUT2D eigenvalue weighted by molar-refractivity contribution is -0.133. The number of aromatic nitrogens is 2. The predicted molar refractivity (Wildman–Crippen MR) is 59.1 cm³/mol. The van der Waals surface area contributed by atoms with E-state index in [4.69, 9.17) is 5.84 Å². The highest BCUT2D eigenvalue weighted by Crippen LogP contribution is 2.13. The Labute approximate surface area is 93.8 Å². The quantitative estimate of drug-likeness (QED) is 0.565. The van der Waals surface area contributed by atoms with Crippen LogP contribution in [0.25, 0.3) is 0 Å². The number of nitrogens with zero attached hydrogens (tertiary/aromatic N) is 3. The van der Waals surface area contributed by atoms with Crippen LogP contribution in [-0.2, 0) is 11.3 Å². The van der Waals surface area contributed by atoms with E-state index in [9.17, 15) is 4.79 Å². The largest absolute Gasteiger partial charge is 0.337 e. The van der Waals surface area contributed by atoms with Gasteiger partial charge in [-0.15, -0.1) is 0 Å². The van der Waals surface area contributed by atoms with Crippen molar-refractivity contribution in [2.24, 2.45) is 5.84 Å². The lowest BCUT2D eigenvalue weighted by atomic mass is 10.1. The van der Waals surface area contributed by atoms with Gasteiger partial charge < -0.3 is 10.3 Å². The number of carbonyl (C=O) groups is 1. The molecule has 86 valence electrons. The van der Waals surface area contributed by atoms with Gasteiger partial charge in [0.2, 0.25) is 5.91 Å². The van der Waals surface area contributed by atoms with Gasteiger partial charge in [0.1, 0.15) is 0 Å². The smallest absolute Gasteiger partial charge is 0.222 e. The van der Waals surface area contributed by atoms with Crippen LogP contribution in [0.1, 0.15) is 25.0 Å². The Morgan fingerprint density at radius 2 is 2.25 bits per heavy atom. The molecule has 1 saturated heterocycles. The minimum absolute atomic E-state index is 0.203. The molecule has 1 aliphatic heterocycles. The molecule has 0 radical (unpaired) electrons. The SMILES string of the molecule is NNc1cnc(CN2CCCCC2=O)cn1. The number of hydrazine groups is 1. The molecule has 3 N–H and O–H groups in total. The molecule has 0 aliphatic carbocycles. The molecule has 6 nitrogen and oxygen atoms in total. The summed E-state index contributed by atoms with van der Waals surface area (Å²) in [5.41, 5.74) is 3.20. The zero-order valence-corrected chi connectivity index (χ0v) is 9.02. The van der Waals surface area contributed by atoms with Crippen molar-refractivity contribution in [1.82, 2.24) is 14.9 Å². The summed E-state index contributed by atoms with van der Waals surface area (Å²) >= 11 is 0. The molecule has 1 aromatic heterocycles. The topological polar surface area (TPSA) is 84.1 Å². The van der Waals surface area contributed by atoms with Crippen molar-refractivity contribution in [3.8, 4) is 0 Å². The zero-order valence-electron chi connectivity index (χ0n) is 9.02. The van der Waals surface area contributed by atoms with Gasteiger partial charge in [0.15, 0.2) is 5.82 Å². The standard InChI is InChI=1S/C10H15N5O/c11-14-9-6-12-8(5-13-9)7-15-4-2-1-3-10(15)16/h5-6H,1-4,7,11H2,(H,13,14). The fraction of sp³-hybridized carbons (Fsp3) is 0.500. The van der Waals surface area contributed by atoms with E-state index in [1.165, 1.54) is 0 Å². The Balaban J connectivity index is 1.99. The first-order valence-corrected chi connectivity index (χ1v) is 5.35. The normalized spacial score (nSPS) is 16.3. The highest BCUT2D eigenvalue weighted by molar-refractivity contribution is 5.76. The number of nitrogens with one attached hydrogen (secondary N) is 1. The highest BCUT2D eigenvalue weighted by Gasteiger charge is 2.18. The molecule has 0 saturated carbocycles. The average Bonchev–Trinajstić information content (AvgIpc) is 2.33. The van der Waals surface area contributed by atoms with Crippen molar-refractivity contribution in [2.75, 3.05) is 12.0 Å². The van der Waals surface area contributed by atoms with Crippen LogP contribution < -0.4 is 11.3 Å². The Hall–Kier alpha value is -1.69. The summed E-state index contributed by atoms with van der Waals surface area (Å²) in [7, 11) is 0. The lowest BCUT2D eigenvalue weighted by Crippen LogP contribution is -2.34. The van der Waals surface area contributed by atoms with Crippen LogP contribution in [0.2, 0.25) is 0 Å². The van der Waals surface area contributed by atoms with E-state index < -0.39 is 0 Å². The van der Waals surface area contributed by atoms with E-state index in [1.807, 2.05) is 4.90 Å². The van der Waals surface area contributed by atoms with Crippen LogP contribution in [0.4, 0.5) is 5.82 Å². The molecule has 0 atom stereocenters. The summed E-state index contributed by atoms with van der Waals surface area (Å²) in [6.45, 7) is 1.36. The Morgan fingerprint density at radius 1 is 1.38 bits per heavy atom. The van der Waals surface area contributed by atoms with Gasteiger partial charge in [-0.3, -0.25) is 9.78 Å². The number of likely N-dealkylation sites (tertiary alicyclic amines) is 1. The van der Waals surface area contributed by atoms with Gasteiger partial charge in [0.25, 0.3) is 0 Å². The molecule has 6 heteroatoms. The maximum Gasteiger partial charge on any atom is 0.222 e. The van der Waals surface area contributed by atoms with E-state index in [-0.39, 0.29) is 5.91 Å². The van der Waals surface area contributed by atoms with Crippen LogP contribution in [0.15, 0.2) is 12.4 Å². The third-order valence-electron chi connectivity index (χ3n) is 2.63. The first-order valence-electron chi connectivity index (χ1n) is 5.35. The molecule has 0 unspecified atom stereocenters. The molecule has 2 heterocycles. The van der Waals surface area contributed by atoms with Gasteiger partial charge in [0, 0.05) is 13.0 Å². The first kappa shape index (κ1) is 10.8. The van der Waals surface area contributed by atoms with Gasteiger partial charge in [0.05, 0.1) is 24.6 Å². The Kier molecular flexibility index (Phi) is 3.31. The molecule has 1 aromatic rings. The van der Waals surface area contributed by atoms with Crippen LogP contribution in [0.3, 0.4) is 0 Å². The zero-order chi connectivity index (χ0) is 11.4. The molecular formula is C10H15N5O. The Morgan fingerprint density at radius 3 is 2.88 bits per heavy atom. The summed E-state index contributed by atoms with van der Waals surface area (Å²) in [4.78, 5) is 21.6. The molecule has 1 fully saturated rings. The minimum atomic E-state index is 0.203. The summed E-state index contributed by atoms with van der Waals surface area (Å²) < 4.78 is 0. The number of hydrogen-bond acceptors (Lipinski definition) is 5. The summed E-state index contributed by atoms with van der Waals surface area (Å²) in [6.07, 6.45) is 5.91. The van der Waals surface area contributed by atoms with Gasteiger partial charge in [-0.1, -0.05) is 0 Å². The van der Waals surface area contributed by atoms with Crippen LogP contribution in [-0.4, -0.2) is 27.3 Å². The molecule has 0 aromatic carbocycles. The minimum Gasteiger partial charge on any atom is -0.337 e. The van der Waals surface area contributed by atoms with E-state index in [2.05, 4.69) is 15.4 Å². The van der Waals surface area contributed by atoms with Gasteiger partial charge >= 0.3 is 0 Å². The van der Waals surface area contributed by atoms with Gasteiger partial charge in [-0.25, -0.2) is 10.8 Å². The number of amides is 1. The maximum absolute atomic E-state index is 11.6. The predicted octanol–water partition coefficient (Wildman–Crippen LogP) is 0.275. The van der Waals surface area contributed by atoms with Crippen molar-refractivity contribution in [3.05, 3.63) is 18.1 Å². The molecule has 2 rings (SSSR count). The van der Waals surface area contributed by atoms with Crippen molar-refractivity contribution < 1.29 is 4.79 Å². The summed E-state index contributed by atoms with van der Waals surface area (Å²) in [5, 5.41) is 0. The highest BCUT2D eigenvalue weighted by atomic mass is 16.2. The number of anilines is 1. The Bertz CT molecular complexity index is 364. The number of carbonyl (C=O) groups excluding carboxylic acids is 1. The number of hydrogen-bond donors (Lipinski definition) is 2. The summed E-state index contributed by atoms with van der Waals surface area (Å²) in [6, 6.07) is 0.